The van der Waals surface area contributed by atoms with Gasteiger partial charge in [-0.3, -0.25) is 0 Å². The van der Waals surface area contributed by atoms with Crippen molar-refractivity contribution in [2.24, 2.45) is 0 Å². The summed E-state index contributed by atoms with van der Waals surface area (Å²) in [5.41, 5.74) is 0.978. The first-order chi connectivity index (χ1) is 7.17. The Morgan fingerprint density at radius 3 is 3.00 bits per heavy atom. The molecule has 0 amide bonds. The van der Waals surface area contributed by atoms with E-state index in [4.69, 9.17) is 9.84 Å². The van der Waals surface area contributed by atoms with Crippen molar-refractivity contribution in [1.29, 1.82) is 0 Å². The number of halogens is 2. The van der Waals surface area contributed by atoms with Gasteiger partial charge in [0, 0.05) is 4.47 Å². The van der Waals surface area contributed by atoms with Crippen LogP contribution < -0.4 is 4.74 Å². The highest BCUT2D eigenvalue weighted by molar-refractivity contribution is 9.10. The fourth-order valence-electron chi connectivity index (χ4n) is 1.40. The third kappa shape index (κ3) is 1.59. The molecule has 0 aliphatic rings. The second kappa shape index (κ2) is 3.79. The summed E-state index contributed by atoms with van der Waals surface area (Å²) in [4.78, 5) is 6.87. The normalized spacial score (nSPS) is 10.9. The lowest BCUT2D eigenvalue weighted by Crippen LogP contribution is -1.90. The molecule has 0 aliphatic heterocycles. The summed E-state index contributed by atoms with van der Waals surface area (Å²) in [7, 11) is 1.38. The van der Waals surface area contributed by atoms with Gasteiger partial charge in [-0.05, 0) is 22.0 Å². The van der Waals surface area contributed by atoms with Crippen molar-refractivity contribution in [2.45, 2.75) is 6.61 Å². The molecular weight excluding hydrogens is 267 g/mol. The average Bonchev–Trinajstić information content (AvgIpc) is 2.62. The molecule has 1 aromatic heterocycles. The van der Waals surface area contributed by atoms with Crippen molar-refractivity contribution in [1.82, 2.24) is 9.97 Å². The number of fused-ring (bicyclic) bond motifs is 1. The minimum absolute atomic E-state index is 0.0976. The van der Waals surface area contributed by atoms with E-state index in [1.165, 1.54) is 13.2 Å². The summed E-state index contributed by atoms with van der Waals surface area (Å²) in [6.07, 6.45) is 0. The molecule has 1 heterocycles. The maximum atomic E-state index is 13.4. The molecule has 0 bridgehead atoms. The maximum absolute atomic E-state index is 13.4. The molecule has 0 unspecified atom stereocenters. The van der Waals surface area contributed by atoms with Crippen LogP contribution in [-0.2, 0) is 6.61 Å². The van der Waals surface area contributed by atoms with E-state index >= 15 is 0 Å². The standard InChI is InChI=1S/C9H8BrFN2O2/c1-15-9-5(11)2-4(10)7-8(9)13-6(3-14)12-7/h2,14H,3H2,1H3,(H,12,13). The van der Waals surface area contributed by atoms with Crippen molar-refractivity contribution in [3.63, 3.8) is 0 Å². The Labute approximate surface area is 93.2 Å². The van der Waals surface area contributed by atoms with Gasteiger partial charge in [0.25, 0.3) is 0 Å². The van der Waals surface area contributed by atoms with E-state index < -0.39 is 5.82 Å². The third-order valence-electron chi connectivity index (χ3n) is 2.03. The molecule has 0 radical (unpaired) electrons. The van der Waals surface area contributed by atoms with Gasteiger partial charge in [-0.25, -0.2) is 9.37 Å². The predicted octanol–water partition coefficient (Wildman–Crippen LogP) is 1.97. The van der Waals surface area contributed by atoms with Gasteiger partial charge in [-0.15, -0.1) is 0 Å². The van der Waals surface area contributed by atoms with Crippen molar-refractivity contribution in [3.05, 3.63) is 22.2 Å². The number of hydrogen-bond acceptors (Lipinski definition) is 3. The molecule has 2 aromatic rings. The molecule has 0 fully saturated rings. The SMILES string of the molecule is COc1c(F)cc(Br)c2nc(CO)[nH]c12. The van der Waals surface area contributed by atoms with Gasteiger partial charge in [0.1, 0.15) is 23.5 Å². The summed E-state index contributed by atoms with van der Waals surface area (Å²) in [6, 6.07) is 1.28. The first-order valence-electron chi connectivity index (χ1n) is 4.18. The number of hydrogen-bond donors (Lipinski definition) is 2. The number of nitrogens with zero attached hydrogens (tertiary/aromatic N) is 1. The van der Waals surface area contributed by atoms with Crippen LogP contribution in [0, 0.1) is 5.82 Å². The van der Waals surface area contributed by atoms with Crippen molar-refractivity contribution < 1.29 is 14.2 Å². The van der Waals surface area contributed by atoms with Crippen molar-refractivity contribution in [2.75, 3.05) is 7.11 Å². The van der Waals surface area contributed by atoms with E-state index in [1.807, 2.05) is 0 Å². The lowest BCUT2D eigenvalue weighted by Gasteiger charge is -2.03. The lowest BCUT2D eigenvalue weighted by atomic mass is 10.3. The summed E-state index contributed by atoms with van der Waals surface area (Å²) in [5.74, 6) is -0.0139. The van der Waals surface area contributed by atoms with Gasteiger partial charge in [0.15, 0.2) is 11.6 Å². The molecule has 15 heavy (non-hydrogen) atoms. The van der Waals surface area contributed by atoms with E-state index in [9.17, 15) is 4.39 Å². The summed E-state index contributed by atoms with van der Waals surface area (Å²) in [6.45, 7) is -0.230. The highest BCUT2D eigenvalue weighted by Gasteiger charge is 2.15. The molecule has 4 nitrogen and oxygen atoms in total. The minimum atomic E-state index is -0.481. The smallest absolute Gasteiger partial charge is 0.180 e. The van der Waals surface area contributed by atoms with Crippen LogP contribution in [0.1, 0.15) is 5.82 Å². The largest absolute Gasteiger partial charge is 0.492 e. The van der Waals surface area contributed by atoms with Crippen LogP contribution in [0.2, 0.25) is 0 Å². The number of benzene rings is 1. The Kier molecular flexibility index (Phi) is 2.62. The molecular formula is C9H8BrFN2O2. The number of nitrogens with one attached hydrogen (secondary N) is 1. The summed E-state index contributed by atoms with van der Waals surface area (Å²) >= 11 is 3.19. The van der Waals surface area contributed by atoms with E-state index in [-0.39, 0.29) is 12.4 Å². The molecule has 2 rings (SSSR count). The van der Waals surface area contributed by atoms with Crippen molar-refractivity contribution >= 4 is 27.0 Å². The van der Waals surface area contributed by atoms with Gasteiger partial charge in [0.2, 0.25) is 0 Å². The Hall–Kier alpha value is -1.14. The number of aliphatic hydroxyl groups excluding tert-OH is 1. The van der Waals surface area contributed by atoms with Crippen LogP contribution in [0.4, 0.5) is 4.39 Å². The number of H-pyrrole nitrogens is 1. The van der Waals surface area contributed by atoms with Crippen LogP contribution in [-0.4, -0.2) is 22.2 Å². The Morgan fingerprint density at radius 1 is 1.67 bits per heavy atom. The molecule has 2 N–H and O–H groups in total. The zero-order valence-corrected chi connectivity index (χ0v) is 9.43. The van der Waals surface area contributed by atoms with Crippen LogP contribution in [0.3, 0.4) is 0 Å². The van der Waals surface area contributed by atoms with Crippen LogP contribution in [0.5, 0.6) is 5.75 Å². The number of imidazole rings is 1. The predicted molar refractivity (Wildman–Crippen MR) is 56.2 cm³/mol. The fourth-order valence-corrected chi connectivity index (χ4v) is 1.89. The quantitative estimate of drug-likeness (QED) is 0.880. The van der Waals surface area contributed by atoms with Gasteiger partial charge in [-0.2, -0.15) is 0 Å². The second-order valence-corrected chi connectivity index (χ2v) is 3.79. The van der Waals surface area contributed by atoms with E-state index in [2.05, 4.69) is 25.9 Å². The molecule has 1 aromatic carbocycles. The third-order valence-corrected chi connectivity index (χ3v) is 2.63. The average molecular weight is 275 g/mol. The first-order valence-corrected chi connectivity index (χ1v) is 4.98. The molecule has 0 atom stereocenters. The number of ether oxygens (including phenoxy) is 1. The first kappa shape index (κ1) is 10.4. The minimum Gasteiger partial charge on any atom is -0.492 e. The highest BCUT2D eigenvalue weighted by atomic mass is 79.9. The Balaban J connectivity index is 2.81. The fraction of sp³-hybridized carbons (Fsp3) is 0.222. The number of methoxy groups -OCH3 is 1. The summed E-state index contributed by atoms with van der Waals surface area (Å²) in [5, 5.41) is 8.92. The van der Waals surface area contributed by atoms with E-state index in [1.54, 1.807) is 0 Å². The van der Waals surface area contributed by atoms with E-state index in [0.29, 0.717) is 21.3 Å². The van der Waals surface area contributed by atoms with Crippen LogP contribution in [0.15, 0.2) is 10.5 Å². The topological polar surface area (TPSA) is 58.1 Å². The Bertz CT molecular complexity index is 512. The zero-order chi connectivity index (χ0) is 11.0. The molecule has 0 aliphatic carbocycles. The molecule has 6 heteroatoms. The summed E-state index contributed by atoms with van der Waals surface area (Å²) < 4.78 is 18.9. The number of rotatable bonds is 2. The lowest BCUT2D eigenvalue weighted by molar-refractivity contribution is 0.273. The van der Waals surface area contributed by atoms with Gasteiger partial charge < -0.3 is 14.8 Å². The number of aromatic amines is 1. The monoisotopic (exact) mass is 274 g/mol. The maximum Gasteiger partial charge on any atom is 0.180 e. The van der Waals surface area contributed by atoms with Crippen molar-refractivity contribution in [3.8, 4) is 5.75 Å². The second-order valence-electron chi connectivity index (χ2n) is 2.94. The van der Waals surface area contributed by atoms with Gasteiger partial charge >= 0.3 is 0 Å². The highest BCUT2D eigenvalue weighted by Crippen LogP contribution is 2.32. The van der Waals surface area contributed by atoms with E-state index in [0.717, 1.165) is 0 Å². The molecule has 80 valence electrons. The molecule has 0 saturated heterocycles. The van der Waals surface area contributed by atoms with Gasteiger partial charge in [-0.1, -0.05) is 0 Å². The zero-order valence-electron chi connectivity index (χ0n) is 7.84. The van der Waals surface area contributed by atoms with Gasteiger partial charge in [0.05, 0.1) is 7.11 Å². The molecule has 0 saturated carbocycles. The van der Waals surface area contributed by atoms with Crippen LogP contribution in [0.25, 0.3) is 11.0 Å². The Morgan fingerprint density at radius 2 is 2.40 bits per heavy atom. The molecule has 0 spiro atoms. The van der Waals surface area contributed by atoms with Crippen LogP contribution >= 0.6 is 15.9 Å². The number of aromatic nitrogens is 2. The number of aliphatic hydroxyl groups is 1.